The maximum Gasteiger partial charge on any atom is 0.305 e. The van der Waals surface area contributed by atoms with E-state index < -0.39 is 0 Å². The average Bonchev–Trinajstić information content (AvgIpc) is 2.97. The van der Waals surface area contributed by atoms with Crippen LogP contribution in [0.1, 0.15) is 29.9 Å². The Balaban J connectivity index is 1.96. The molecule has 0 aliphatic heterocycles. The largest absolute Gasteiger partial charge is 0.469 e. The van der Waals surface area contributed by atoms with E-state index in [1.807, 2.05) is 0 Å². The number of hydrogen-bond donors (Lipinski definition) is 0. The lowest BCUT2D eigenvalue weighted by molar-refractivity contribution is -0.141. The number of benzene rings is 1. The Kier molecular flexibility index (Phi) is 2.76. The number of aryl methyl sites for hydroxylation is 1. The second-order valence-electron chi connectivity index (χ2n) is 4.30. The van der Waals surface area contributed by atoms with E-state index in [-0.39, 0.29) is 5.97 Å². The molecule has 2 atom stereocenters. The zero-order chi connectivity index (χ0) is 10.8. The van der Waals surface area contributed by atoms with Gasteiger partial charge in [0.1, 0.15) is 0 Å². The van der Waals surface area contributed by atoms with Gasteiger partial charge < -0.3 is 4.74 Å². The fraction of sp³-hybridized carbons (Fsp3) is 0.462. The first-order valence-electron chi connectivity index (χ1n) is 5.34. The second-order valence-corrected chi connectivity index (χ2v) is 4.30. The Morgan fingerprint density at radius 2 is 2.33 bits per heavy atom. The summed E-state index contributed by atoms with van der Waals surface area (Å²) in [7, 11) is 1.45. The van der Waals surface area contributed by atoms with Crippen LogP contribution in [0.25, 0.3) is 0 Å². The van der Waals surface area contributed by atoms with Gasteiger partial charge in [-0.05, 0) is 30.7 Å². The number of esters is 1. The first-order valence-corrected chi connectivity index (χ1v) is 5.34. The van der Waals surface area contributed by atoms with Crippen LogP contribution >= 0.6 is 0 Å². The first-order chi connectivity index (χ1) is 7.20. The lowest BCUT2D eigenvalue weighted by Gasteiger charge is -2.01. The Bertz CT molecular complexity index is 371. The van der Waals surface area contributed by atoms with E-state index in [0.717, 1.165) is 6.42 Å². The van der Waals surface area contributed by atoms with Gasteiger partial charge in [0.15, 0.2) is 0 Å². The molecule has 1 aliphatic carbocycles. The first kappa shape index (κ1) is 10.2. The standard InChI is InChI=1S/C13H16O2/c1-9-4-3-5-10(6-9)12-7-11(12)8-13(14)15-2/h3-6,11-12H,7-8H2,1-2H3/t11-,12-/m1/s1. The molecule has 0 aromatic heterocycles. The molecule has 0 saturated heterocycles. The van der Waals surface area contributed by atoms with Crippen LogP contribution in [0, 0.1) is 12.8 Å². The summed E-state index contributed by atoms with van der Waals surface area (Å²) in [5, 5.41) is 0. The number of carbonyl (C=O) groups is 1. The molecule has 0 spiro atoms. The number of methoxy groups -OCH3 is 1. The van der Waals surface area contributed by atoms with Crippen molar-refractivity contribution in [3.8, 4) is 0 Å². The van der Waals surface area contributed by atoms with Crippen LogP contribution in [0.15, 0.2) is 24.3 Å². The predicted octanol–water partition coefficient (Wildman–Crippen LogP) is 2.66. The molecule has 15 heavy (non-hydrogen) atoms. The lowest BCUT2D eigenvalue weighted by Crippen LogP contribution is -2.01. The third-order valence-electron chi connectivity index (χ3n) is 3.05. The van der Waals surface area contributed by atoms with E-state index in [1.54, 1.807) is 0 Å². The number of carbonyl (C=O) groups excluding carboxylic acids is 1. The Morgan fingerprint density at radius 3 is 3.00 bits per heavy atom. The van der Waals surface area contributed by atoms with Crippen molar-refractivity contribution in [1.82, 2.24) is 0 Å². The van der Waals surface area contributed by atoms with Gasteiger partial charge in [0.25, 0.3) is 0 Å². The molecule has 2 heteroatoms. The molecule has 1 aromatic rings. The number of ether oxygens (including phenoxy) is 1. The molecule has 0 N–H and O–H groups in total. The van der Waals surface area contributed by atoms with Crippen LogP contribution < -0.4 is 0 Å². The SMILES string of the molecule is COC(=O)C[C@H]1C[C@@H]1c1cccc(C)c1. The summed E-state index contributed by atoms with van der Waals surface area (Å²) >= 11 is 0. The molecule has 0 unspecified atom stereocenters. The summed E-state index contributed by atoms with van der Waals surface area (Å²) in [5.41, 5.74) is 2.65. The van der Waals surface area contributed by atoms with Gasteiger partial charge in [-0.1, -0.05) is 29.8 Å². The molecule has 1 fully saturated rings. The topological polar surface area (TPSA) is 26.3 Å². The van der Waals surface area contributed by atoms with Crippen LogP contribution in [-0.4, -0.2) is 13.1 Å². The monoisotopic (exact) mass is 204 g/mol. The van der Waals surface area contributed by atoms with Crippen molar-refractivity contribution in [1.29, 1.82) is 0 Å². The van der Waals surface area contributed by atoms with Crippen molar-refractivity contribution in [2.45, 2.75) is 25.7 Å². The molecule has 80 valence electrons. The minimum absolute atomic E-state index is 0.0878. The van der Waals surface area contributed by atoms with Gasteiger partial charge in [0.2, 0.25) is 0 Å². The van der Waals surface area contributed by atoms with E-state index in [2.05, 4.69) is 35.9 Å². The zero-order valence-electron chi connectivity index (χ0n) is 9.19. The number of rotatable bonds is 3. The molecule has 1 aliphatic rings. The number of hydrogen-bond acceptors (Lipinski definition) is 2. The highest BCUT2D eigenvalue weighted by atomic mass is 16.5. The quantitative estimate of drug-likeness (QED) is 0.707. The molecule has 0 bridgehead atoms. The summed E-state index contributed by atoms with van der Waals surface area (Å²) in [6.45, 7) is 2.10. The van der Waals surface area contributed by atoms with Gasteiger partial charge in [-0.3, -0.25) is 4.79 Å². The zero-order valence-corrected chi connectivity index (χ0v) is 9.19. The van der Waals surface area contributed by atoms with Crippen LogP contribution in [0.5, 0.6) is 0 Å². The third kappa shape index (κ3) is 2.38. The van der Waals surface area contributed by atoms with E-state index in [9.17, 15) is 4.79 Å². The van der Waals surface area contributed by atoms with Crippen molar-refractivity contribution in [3.05, 3.63) is 35.4 Å². The summed E-state index contributed by atoms with van der Waals surface area (Å²) in [4.78, 5) is 11.1. The van der Waals surface area contributed by atoms with Gasteiger partial charge in [0.05, 0.1) is 7.11 Å². The van der Waals surface area contributed by atoms with Gasteiger partial charge in [-0.25, -0.2) is 0 Å². The highest BCUT2D eigenvalue weighted by Gasteiger charge is 2.39. The molecule has 0 amide bonds. The van der Waals surface area contributed by atoms with Crippen LogP contribution in [-0.2, 0) is 9.53 Å². The summed E-state index contributed by atoms with van der Waals surface area (Å²) < 4.78 is 4.67. The van der Waals surface area contributed by atoms with Crippen LogP contribution in [0.4, 0.5) is 0 Å². The Hall–Kier alpha value is -1.31. The van der Waals surface area contributed by atoms with Gasteiger partial charge >= 0.3 is 5.97 Å². The molecular formula is C13H16O2. The van der Waals surface area contributed by atoms with Crippen molar-refractivity contribution in [2.24, 2.45) is 5.92 Å². The van der Waals surface area contributed by atoms with E-state index >= 15 is 0 Å². The normalized spacial score (nSPS) is 23.6. The van der Waals surface area contributed by atoms with Crippen molar-refractivity contribution < 1.29 is 9.53 Å². The van der Waals surface area contributed by atoms with Crippen molar-refractivity contribution >= 4 is 5.97 Å². The fourth-order valence-electron chi connectivity index (χ4n) is 2.08. The smallest absolute Gasteiger partial charge is 0.305 e. The van der Waals surface area contributed by atoms with Gasteiger partial charge in [-0.2, -0.15) is 0 Å². The summed E-state index contributed by atoms with van der Waals surface area (Å²) in [6.07, 6.45) is 1.69. The van der Waals surface area contributed by atoms with Crippen LogP contribution in [0.3, 0.4) is 0 Å². The lowest BCUT2D eigenvalue weighted by atomic mass is 10.1. The van der Waals surface area contributed by atoms with Gasteiger partial charge in [0, 0.05) is 6.42 Å². The third-order valence-corrected chi connectivity index (χ3v) is 3.05. The fourth-order valence-corrected chi connectivity index (χ4v) is 2.08. The van der Waals surface area contributed by atoms with Crippen molar-refractivity contribution in [2.75, 3.05) is 7.11 Å². The van der Waals surface area contributed by atoms with E-state index in [4.69, 9.17) is 0 Å². The molecule has 1 saturated carbocycles. The highest BCUT2D eigenvalue weighted by Crippen LogP contribution is 2.49. The molecule has 1 aromatic carbocycles. The highest BCUT2D eigenvalue weighted by molar-refractivity contribution is 5.70. The second kappa shape index (κ2) is 4.05. The Morgan fingerprint density at radius 1 is 1.53 bits per heavy atom. The maximum absolute atomic E-state index is 11.1. The van der Waals surface area contributed by atoms with Crippen LogP contribution in [0.2, 0.25) is 0 Å². The van der Waals surface area contributed by atoms with Gasteiger partial charge in [-0.15, -0.1) is 0 Å². The predicted molar refractivity (Wildman–Crippen MR) is 58.7 cm³/mol. The molecule has 0 radical (unpaired) electrons. The molecule has 0 heterocycles. The average molecular weight is 204 g/mol. The minimum atomic E-state index is -0.0878. The minimum Gasteiger partial charge on any atom is -0.469 e. The summed E-state index contributed by atoms with van der Waals surface area (Å²) in [5.74, 6) is 0.985. The van der Waals surface area contributed by atoms with Crippen molar-refractivity contribution in [3.63, 3.8) is 0 Å². The summed E-state index contributed by atoms with van der Waals surface area (Å²) in [6, 6.07) is 8.54. The molecular weight excluding hydrogens is 188 g/mol. The Labute approximate surface area is 90.3 Å². The van der Waals surface area contributed by atoms with E-state index in [0.29, 0.717) is 18.3 Å². The van der Waals surface area contributed by atoms with E-state index in [1.165, 1.54) is 18.2 Å². The molecule has 2 rings (SSSR count). The maximum atomic E-state index is 11.1. The molecule has 2 nitrogen and oxygen atoms in total.